The number of nitro groups is 1. The molecule has 1 atom stereocenters. The molecule has 1 amide bonds. The van der Waals surface area contributed by atoms with Gasteiger partial charge in [0, 0.05) is 28.5 Å². The third-order valence-corrected chi connectivity index (χ3v) is 6.53. The molecular formula is C25H23N3O6S. The average Bonchev–Trinajstić information content (AvgIpc) is 2.86. The zero-order valence-corrected chi connectivity index (χ0v) is 19.9. The Kier molecular flexibility index (Phi) is 7.21. The molecule has 180 valence electrons. The second-order valence-electron chi connectivity index (χ2n) is 7.70. The Morgan fingerprint density at radius 2 is 1.69 bits per heavy atom. The number of carbonyl (C=O) groups is 2. The highest BCUT2D eigenvalue weighted by Gasteiger charge is 2.25. The van der Waals surface area contributed by atoms with Crippen LogP contribution < -0.4 is 15.0 Å². The van der Waals surface area contributed by atoms with Gasteiger partial charge >= 0.3 is 5.97 Å². The summed E-state index contributed by atoms with van der Waals surface area (Å²) in [5.41, 5.74) is 1.93. The Bertz CT molecular complexity index is 1240. The number of fused-ring (bicyclic) bond motifs is 2. The molecule has 9 nitrogen and oxygen atoms in total. The standard InChI is InChI=1S/C25H23N3O6S/c1-16(25(30)26-18-15-17(28(31)32)11-12-21(18)33-2)34-24(29)13-14-27-19-7-3-5-9-22(19)35-23-10-6-4-8-20(23)27/h3-12,15-16H,13-14H2,1-2H3,(H,26,30). The number of benzene rings is 3. The van der Waals surface area contributed by atoms with Crippen LogP contribution in [0.3, 0.4) is 0 Å². The Labute approximate surface area is 206 Å². The zero-order valence-electron chi connectivity index (χ0n) is 19.1. The van der Waals surface area contributed by atoms with Gasteiger partial charge < -0.3 is 19.7 Å². The molecule has 0 saturated carbocycles. The number of nitro benzene ring substituents is 1. The third kappa shape index (κ3) is 5.38. The van der Waals surface area contributed by atoms with Gasteiger partial charge in [-0.15, -0.1) is 0 Å². The maximum atomic E-state index is 12.6. The maximum Gasteiger partial charge on any atom is 0.308 e. The summed E-state index contributed by atoms with van der Waals surface area (Å²) in [4.78, 5) is 39.9. The Morgan fingerprint density at radius 1 is 1.06 bits per heavy atom. The van der Waals surface area contributed by atoms with Crippen LogP contribution in [-0.2, 0) is 14.3 Å². The summed E-state index contributed by atoms with van der Waals surface area (Å²) >= 11 is 1.68. The van der Waals surface area contributed by atoms with Crippen molar-refractivity contribution >= 4 is 46.4 Å². The number of ether oxygens (including phenoxy) is 2. The van der Waals surface area contributed by atoms with E-state index in [2.05, 4.69) is 10.2 Å². The van der Waals surface area contributed by atoms with E-state index in [-0.39, 0.29) is 23.5 Å². The van der Waals surface area contributed by atoms with E-state index in [0.29, 0.717) is 6.54 Å². The van der Waals surface area contributed by atoms with Crippen LogP contribution in [0.1, 0.15) is 13.3 Å². The van der Waals surface area contributed by atoms with Crippen molar-refractivity contribution < 1.29 is 24.0 Å². The quantitative estimate of drug-likeness (QED) is 0.260. The number of nitrogens with one attached hydrogen (secondary N) is 1. The molecule has 4 rings (SSSR count). The lowest BCUT2D eigenvalue weighted by Crippen LogP contribution is -2.31. The van der Waals surface area contributed by atoms with Gasteiger partial charge in [0.25, 0.3) is 11.6 Å². The number of methoxy groups -OCH3 is 1. The predicted molar refractivity (Wildman–Crippen MR) is 132 cm³/mol. The molecule has 0 aromatic heterocycles. The summed E-state index contributed by atoms with van der Waals surface area (Å²) < 4.78 is 10.5. The lowest BCUT2D eigenvalue weighted by atomic mass is 10.2. The number of rotatable bonds is 8. The summed E-state index contributed by atoms with van der Waals surface area (Å²) in [5.74, 6) is -0.906. The molecule has 1 unspecified atom stereocenters. The van der Waals surface area contributed by atoms with Crippen LogP contribution in [-0.4, -0.2) is 36.6 Å². The van der Waals surface area contributed by atoms with Crippen molar-refractivity contribution in [1.82, 2.24) is 0 Å². The topological polar surface area (TPSA) is 111 Å². The first-order valence-electron chi connectivity index (χ1n) is 10.8. The third-order valence-electron chi connectivity index (χ3n) is 5.40. The first kappa shape index (κ1) is 24.1. The fraction of sp³-hybridized carbons (Fsp3) is 0.200. The van der Waals surface area contributed by atoms with E-state index in [1.165, 1.54) is 32.2 Å². The van der Waals surface area contributed by atoms with E-state index in [9.17, 15) is 19.7 Å². The van der Waals surface area contributed by atoms with E-state index in [1.54, 1.807) is 11.8 Å². The van der Waals surface area contributed by atoms with E-state index >= 15 is 0 Å². The van der Waals surface area contributed by atoms with Crippen molar-refractivity contribution in [2.75, 3.05) is 23.9 Å². The monoisotopic (exact) mass is 493 g/mol. The van der Waals surface area contributed by atoms with Gasteiger partial charge in [0.1, 0.15) is 5.75 Å². The maximum absolute atomic E-state index is 12.6. The lowest BCUT2D eigenvalue weighted by molar-refractivity contribution is -0.384. The fourth-order valence-electron chi connectivity index (χ4n) is 3.68. The molecule has 0 saturated heterocycles. The molecule has 1 aliphatic heterocycles. The summed E-state index contributed by atoms with van der Waals surface area (Å²) in [6.07, 6.45) is -1.05. The predicted octanol–water partition coefficient (Wildman–Crippen LogP) is 5.17. The second-order valence-corrected chi connectivity index (χ2v) is 8.79. The number of nitrogens with zero attached hydrogens (tertiary/aromatic N) is 2. The molecule has 0 fully saturated rings. The van der Waals surface area contributed by atoms with Crippen molar-refractivity contribution in [2.24, 2.45) is 0 Å². The van der Waals surface area contributed by atoms with Crippen LogP contribution in [0.5, 0.6) is 5.75 Å². The van der Waals surface area contributed by atoms with Crippen LogP contribution in [0.2, 0.25) is 0 Å². The molecule has 0 spiro atoms. The first-order chi connectivity index (χ1) is 16.9. The number of hydrogen-bond donors (Lipinski definition) is 1. The second kappa shape index (κ2) is 10.5. The minimum absolute atomic E-state index is 0.0606. The SMILES string of the molecule is COc1ccc([N+](=O)[O-])cc1NC(=O)C(C)OC(=O)CCN1c2ccccc2Sc2ccccc21. The van der Waals surface area contributed by atoms with Gasteiger partial charge in [-0.25, -0.2) is 0 Å². The molecule has 10 heteroatoms. The molecule has 3 aromatic rings. The minimum Gasteiger partial charge on any atom is -0.495 e. The number of carbonyl (C=O) groups excluding carboxylic acids is 2. The summed E-state index contributed by atoms with van der Waals surface area (Å²) in [5, 5.41) is 13.6. The molecule has 1 aliphatic rings. The summed E-state index contributed by atoms with van der Waals surface area (Å²) in [7, 11) is 1.38. The minimum atomic E-state index is -1.11. The van der Waals surface area contributed by atoms with E-state index in [4.69, 9.17) is 9.47 Å². The highest BCUT2D eigenvalue weighted by molar-refractivity contribution is 7.99. The summed E-state index contributed by atoms with van der Waals surface area (Å²) in [6, 6.07) is 19.8. The van der Waals surface area contributed by atoms with Crippen molar-refractivity contribution in [3.05, 3.63) is 76.8 Å². The fourth-order valence-corrected chi connectivity index (χ4v) is 4.77. The van der Waals surface area contributed by atoms with Crippen molar-refractivity contribution in [1.29, 1.82) is 0 Å². The highest BCUT2D eigenvalue weighted by atomic mass is 32.2. The van der Waals surface area contributed by atoms with Crippen molar-refractivity contribution in [2.45, 2.75) is 29.2 Å². The highest BCUT2D eigenvalue weighted by Crippen LogP contribution is 2.47. The smallest absolute Gasteiger partial charge is 0.308 e. The first-order valence-corrected chi connectivity index (χ1v) is 11.6. The molecule has 3 aromatic carbocycles. The van der Waals surface area contributed by atoms with Crippen LogP contribution >= 0.6 is 11.8 Å². The van der Waals surface area contributed by atoms with Crippen molar-refractivity contribution in [3.8, 4) is 5.75 Å². The van der Waals surface area contributed by atoms with E-state index in [0.717, 1.165) is 21.2 Å². The van der Waals surface area contributed by atoms with Gasteiger partial charge in [-0.3, -0.25) is 19.7 Å². The number of amides is 1. The Balaban J connectivity index is 1.40. The van der Waals surface area contributed by atoms with E-state index in [1.807, 2.05) is 48.5 Å². The van der Waals surface area contributed by atoms with Crippen LogP contribution in [0.4, 0.5) is 22.7 Å². The van der Waals surface area contributed by atoms with Gasteiger partial charge in [-0.2, -0.15) is 0 Å². The molecule has 0 aliphatic carbocycles. The molecular weight excluding hydrogens is 470 g/mol. The lowest BCUT2D eigenvalue weighted by Gasteiger charge is -2.32. The van der Waals surface area contributed by atoms with Crippen LogP contribution in [0, 0.1) is 10.1 Å². The number of anilines is 3. The molecule has 1 N–H and O–H groups in total. The zero-order chi connectivity index (χ0) is 24.9. The van der Waals surface area contributed by atoms with Gasteiger partial charge in [0.05, 0.1) is 35.5 Å². The Morgan fingerprint density at radius 3 is 2.29 bits per heavy atom. The number of para-hydroxylation sites is 2. The normalized spacial score (nSPS) is 12.7. The van der Waals surface area contributed by atoms with Gasteiger partial charge in [-0.1, -0.05) is 36.0 Å². The van der Waals surface area contributed by atoms with Crippen LogP contribution in [0.25, 0.3) is 0 Å². The molecule has 1 heterocycles. The number of non-ortho nitro benzene ring substituents is 1. The number of hydrogen-bond acceptors (Lipinski definition) is 8. The van der Waals surface area contributed by atoms with Crippen molar-refractivity contribution in [3.63, 3.8) is 0 Å². The molecule has 35 heavy (non-hydrogen) atoms. The van der Waals surface area contributed by atoms with Gasteiger partial charge in [-0.05, 0) is 37.3 Å². The van der Waals surface area contributed by atoms with Gasteiger partial charge in [0.2, 0.25) is 0 Å². The molecule has 0 bridgehead atoms. The average molecular weight is 494 g/mol. The number of esters is 1. The summed E-state index contributed by atoms with van der Waals surface area (Å²) in [6.45, 7) is 1.82. The van der Waals surface area contributed by atoms with Gasteiger partial charge in [0.15, 0.2) is 6.10 Å². The molecule has 0 radical (unpaired) electrons. The van der Waals surface area contributed by atoms with E-state index < -0.39 is 22.9 Å². The Hall–Kier alpha value is -4.05. The largest absolute Gasteiger partial charge is 0.495 e. The van der Waals surface area contributed by atoms with Crippen LogP contribution in [0.15, 0.2) is 76.5 Å².